The smallest absolute Gasteiger partial charge is 0.166 e. The Balaban J connectivity index is 1.67. The van der Waals surface area contributed by atoms with Gasteiger partial charge in [-0.15, -0.1) is 0 Å². The summed E-state index contributed by atoms with van der Waals surface area (Å²) in [6, 6.07) is 24.6. The van der Waals surface area contributed by atoms with Gasteiger partial charge in [0.1, 0.15) is 42.0 Å². The Hall–Kier alpha value is -3.34. The van der Waals surface area contributed by atoms with Crippen molar-refractivity contribution in [3.05, 3.63) is 78.9 Å². The maximum Gasteiger partial charge on any atom is 0.166 e. The first-order valence-electron chi connectivity index (χ1n) is 9.02. The molecule has 0 bridgehead atoms. The molecule has 3 aromatic rings. The first-order chi connectivity index (χ1) is 13.8. The quantitative estimate of drug-likeness (QED) is 0.514. The predicted octanol–water partition coefficient (Wildman–Crippen LogP) is 4.61. The number of benzene rings is 3. The monoisotopic (exact) mass is 380 g/mol. The van der Waals surface area contributed by atoms with Crippen LogP contribution in [0.15, 0.2) is 78.9 Å². The summed E-state index contributed by atoms with van der Waals surface area (Å²) >= 11 is 0. The molecular formula is C23H24O5. The molecule has 0 amide bonds. The molecule has 28 heavy (non-hydrogen) atoms. The van der Waals surface area contributed by atoms with Gasteiger partial charge in [-0.25, -0.2) is 0 Å². The van der Waals surface area contributed by atoms with E-state index >= 15 is 0 Å². The highest BCUT2D eigenvalue weighted by molar-refractivity contribution is 5.34. The number of rotatable bonds is 10. The van der Waals surface area contributed by atoms with E-state index in [0.717, 1.165) is 17.2 Å². The minimum atomic E-state index is -0.321. The van der Waals surface area contributed by atoms with Crippen LogP contribution in [0.1, 0.15) is 0 Å². The van der Waals surface area contributed by atoms with Crippen LogP contribution in [0.25, 0.3) is 0 Å². The van der Waals surface area contributed by atoms with Crippen LogP contribution in [-0.2, 0) is 0 Å². The molecule has 1 atom stereocenters. The van der Waals surface area contributed by atoms with Gasteiger partial charge in [-0.2, -0.15) is 0 Å². The highest BCUT2D eigenvalue weighted by Gasteiger charge is 2.14. The van der Waals surface area contributed by atoms with Gasteiger partial charge in [0.2, 0.25) is 0 Å². The third kappa shape index (κ3) is 5.84. The Morgan fingerprint density at radius 1 is 0.571 bits per heavy atom. The van der Waals surface area contributed by atoms with E-state index in [9.17, 15) is 0 Å². The van der Waals surface area contributed by atoms with Gasteiger partial charge in [-0.05, 0) is 36.4 Å². The van der Waals surface area contributed by atoms with Crippen LogP contribution in [0.2, 0.25) is 0 Å². The van der Waals surface area contributed by atoms with Crippen LogP contribution in [0.5, 0.6) is 28.7 Å². The third-order valence-corrected chi connectivity index (χ3v) is 4.00. The fraction of sp³-hybridized carbons (Fsp3) is 0.217. The van der Waals surface area contributed by atoms with Crippen molar-refractivity contribution in [3.8, 4) is 28.7 Å². The average molecular weight is 380 g/mol. The number of hydrogen-bond acceptors (Lipinski definition) is 5. The van der Waals surface area contributed by atoms with Gasteiger partial charge in [-0.1, -0.05) is 30.3 Å². The molecule has 0 aromatic heterocycles. The Kier molecular flexibility index (Phi) is 7.01. The van der Waals surface area contributed by atoms with Crippen molar-refractivity contribution in [2.45, 2.75) is 6.10 Å². The molecule has 0 aliphatic carbocycles. The summed E-state index contributed by atoms with van der Waals surface area (Å²) in [4.78, 5) is 0. The van der Waals surface area contributed by atoms with Crippen molar-refractivity contribution >= 4 is 0 Å². The zero-order valence-electron chi connectivity index (χ0n) is 16.0. The zero-order valence-corrected chi connectivity index (χ0v) is 16.0. The van der Waals surface area contributed by atoms with Gasteiger partial charge in [0.15, 0.2) is 6.10 Å². The number of para-hydroxylation sites is 1. The van der Waals surface area contributed by atoms with Crippen molar-refractivity contribution in [2.24, 2.45) is 0 Å². The van der Waals surface area contributed by atoms with Crippen molar-refractivity contribution in [1.82, 2.24) is 0 Å². The molecule has 146 valence electrons. The number of ether oxygens (including phenoxy) is 5. The zero-order chi connectivity index (χ0) is 19.6. The van der Waals surface area contributed by atoms with E-state index in [-0.39, 0.29) is 6.10 Å². The summed E-state index contributed by atoms with van der Waals surface area (Å²) in [6.07, 6.45) is -0.321. The lowest BCUT2D eigenvalue weighted by molar-refractivity contribution is 0.0809. The average Bonchev–Trinajstić information content (AvgIpc) is 2.76. The molecule has 1 unspecified atom stereocenters. The molecular weight excluding hydrogens is 356 g/mol. The lowest BCUT2D eigenvalue weighted by Crippen LogP contribution is -2.31. The van der Waals surface area contributed by atoms with Crippen molar-refractivity contribution < 1.29 is 23.7 Å². The lowest BCUT2D eigenvalue weighted by Gasteiger charge is -2.20. The van der Waals surface area contributed by atoms with Crippen LogP contribution in [0, 0.1) is 0 Å². The highest BCUT2D eigenvalue weighted by Crippen LogP contribution is 2.22. The molecule has 0 aliphatic heterocycles. The summed E-state index contributed by atoms with van der Waals surface area (Å²) in [6.45, 7) is 0.655. The summed E-state index contributed by atoms with van der Waals surface area (Å²) in [5, 5.41) is 0. The number of methoxy groups -OCH3 is 2. The fourth-order valence-corrected chi connectivity index (χ4v) is 2.57. The molecule has 0 saturated heterocycles. The van der Waals surface area contributed by atoms with E-state index < -0.39 is 0 Å². The van der Waals surface area contributed by atoms with Gasteiger partial charge in [0.25, 0.3) is 0 Å². The van der Waals surface area contributed by atoms with Crippen LogP contribution in [0.4, 0.5) is 0 Å². The Bertz CT molecular complexity index is 850. The van der Waals surface area contributed by atoms with Crippen LogP contribution in [-0.4, -0.2) is 33.5 Å². The number of hydrogen-bond donors (Lipinski definition) is 0. The van der Waals surface area contributed by atoms with E-state index in [2.05, 4.69) is 0 Å². The minimum absolute atomic E-state index is 0.317. The second kappa shape index (κ2) is 10.1. The van der Waals surface area contributed by atoms with Crippen molar-refractivity contribution in [2.75, 3.05) is 27.4 Å². The van der Waals surface area contributed by atoms with Crippen LogP contribution >= 0.6 is 0 Å². The molecule has 5 nitrogen and oxygen atoms in total. The maximum atomic E-state index is 6.10. The standard InChI is InChI=1S/C23H24O5/c1-24-19-10-6-12-21(14-19)27-17-23(16-26-18-8-4-3-5-9-18)28-22-13-7-11-20(15-22)25-2/h3-15,23H,16-17H2,1-2H3. The maximum absolute atomic E-state index is 6.10. The first kappa shape index (κ1) is 19.4. The first-order valence-corrected chi connectivity index (χ1v) is 9.02. The van der Waals surface area contributed by atoms with Crippen molar-refractivity contribution in [1.29, 1.82) is 0 Å². The van der Waals surface area contributed by atoms with Gasteiger partial charge in [0, 0.05) is 12.1 Å². The molecule has 0 heterocycles. The fourth-order valence-electron chi connectivity index (χ4n) is 2.57. The molecule has 0 aliphatic rings. The van der Waals surface area contributed by atoms with Gasteiger partial charge >= 0.3 is 0 Å². The molecule has 0 N–H and O–H groups in total. The van der Waals surface area contributed by atoms with E-state index in [4.69, 9.17) is 23.7 Å². The van der Waals surface area contributed by atoms with Crippen molar-refractivity contribution in [3.63, 3.8) is 0 Å². The molecule has 0 saturated carbocycles. The molecule has 3 rings (SSSR count). The van der Waals surface area contributed by atoms with E-state index in [1.165, 1.54) is 0 Å². The molecule has 3 aromatic carbocycles. The SMILES string of the molecule is COc1cccc(OCC(COc2ccccc2)Oc2cccc(OC)c2)c1. The second-order valence-electron chi connectivity index (χ2n) is 6.03. The van der Waals surface area contributed by atoms with Gasteiger partial charge in [0.05, 0.1) is 14.2 Å². The predicted molar refractivity (Wildman–Crippen MR) is 108 cm³/mol. The largest absolute Gasteiger partial charge is 0.497 e. The van der Waals surface area contributed by atoms with Gasteiger partial charge < -0.3 is 23.7 Å². The normalized spacial score (nSPS) is 11.4. The van der Waals surface area contributed by atoms with Crippen LogP contribution in [0.3, 0.4) is 0 Å². The minimum Gasteiger partial charge on any atom is -0.497 e. The Labute approximate surface area is 165 Å². The molecule has 0 fully saturated rings. The Morgan fingerprint density at radius 2 is 1.07 bits per heavy atom. The van der Waals surface area contributed by atoms with Gasteiger partial charge in [-0.3, -0.25) is 0 Å². The third-order valence-electron chi connectivity index (χ3n) is 4.00. The van der Waals surface area contributed by atoms with E-state index in [1.807, 2.05) is 78.9 Å². The summed E-state index contributed by atoms with van der Waals surface area (Å²) in [5.74, 6) is 3.65. The molecule has 5 heteroatoms. The van der Waals surface area contributed by atoms with E-state index in [1.54, 1.807) is 14.2 Å². The Morgan fingerprint density at radius 3 is 1.71 bits per heavy atom. The van der Waals surface area contributed by atoms with Crippen LogP contribution < -0.4 is 23.7 Å². The van der Waals surface area contributed by atoms with E-state index in [0.29, 0.717) is 24.7 Å². The summed E-state index contributed by atoms with van der Waals surface area (Å²) < 4.78 is 28.4. The topological polar surface area (TPSA) is 46.2 Å². The summed E-state index contributed by atoms with van der Waals surface area (Å²) in [5.41, 5.74) is 0. The lowest BCUT2D eigenvalue weighted by atomic mass is 10.3. The molecule has 0 radical (unpaired) electrons. The highest BCUT2D eigenvalue weighted by atomic mass is 16.6. The molecule has 0 spiro atoms. The summed E-state index contributed by atoms with van der Waals surface area (Å²) in [7, 11) is 3.25. The second-order valence-corrected chi connectivity index (χ2v) is 6.03.